The number of rotatable bonds is 6. The van der Waals surface area contributed by atoms with Crippen LogP contribution in [0.25, 0.3) is 0 Å². The van der Waals surface area contributed by atoms with Crippen molar-refractivity contribution in [2.45, 2.75) is 10.9 Å². The minimum Gasteiger partial charge on any atom is -0.379 e. The van der Waals surface area contributed by atoms with E-state index in [1.165, 1.54) is 18.2 Å². The smallest absolute Gasteiger partial charge is 0.243 e. The zero-order valence-electron chi connectivity index (χ0n) is 13.8. The van der Waals surface area contributed by atoms with Crippen LogP contribution in [-0.2, 0) is 14.8 Å². The molecule has 0 aromatic heterocycles. The molecule has 1 heterocycles. The SMILES string of the molecule is O=S(=O)(NC[C@H](c1ccccc1)N1CCOCC1)c1ccccc1F. The molecule has 2 aromatic rings. The lowest BCUT2D eigenvalue weighted by Crippen LogP contribution is -2.43. The van der Waals surface area contributed by atoms with Crippen LogP contribution in [0.1, 0.15) is 11.6 Å². The molecule has 1 atom stereocenters. The predicted molar refractivity (Wildman–Crippen MR) is 93.2 cm³/mol. The summed E-state index contributed by atoms with van der Waals surface area (Å²) < 4.78 is 46.7. The van der Waals surface area contributed by atoms with E-state index in [0.717, 1.165) is 24.7 Å². The summed E-state index contributed by atoms with van der Waals surface area (Å²) in [5.41, 5.74) is 1.01. The highest BCUT2D eigenvalue weighted by Gasteiger charge is 2.26. The Hall–Kier alpha value is -1.80. The lowest BCUT2D eigenvalue weighted by molar-refractivity contribution is 0.0172. The molecule has 0 radical (unpaired) electrons. The van der Waals surface area contributed by atoms with Crippen molar-refractivity contribution in [1.29, 1.82) is 0 Å². The van der Waals surface area contributed by atoms with Gasteiger partial charge in [0.2, 0.25) is 10.0 Å². The van der Waals surface area contributed by atoms with Crippen LogP contribution in [0.5, 0.6) is 0 Å². The Morgan fingerprint density at radius 3 is 2.36 bits per heavy atom. The molecule has 134 valence electrons. The highest BCUT2D eigenvalue weighted by atomic mass is 32.2. The topological polar surface area (TPSA) is 58.6 Å². The normalized spacial score (nSPS) is 17.3. The van der Waals surface area contributed by atoms with Crippen LogP contribution in [0.4, 0.5) is 4.39 Å². The molecule has 25 heavy (non-hydrogen) atoms. The van der Waals surface area contributed by atoms with Crippen LogP contribution in [0, 0.1) is 5.82 Å². The van der Waals surface area contributed by atoms with Crippen molar-refractivity contribution in [2.75, 3.05) is 32.8 Å². The molecule has 2 aromatic carbocycles. The van der Waals surface area contributed by atoms with Crippen LogP contribution in [0.2, 0.25) is 0 Å². The molecule has 0 aliphatic carbocycles. The number of hydrogen-bond acceptors (Lipinski definition) is 4. The van der Waals surface area contributed by atoms with E-state index in [1.807, 2.05) is 30.3 Å². The van der Waals surface area contributed by atoms with Gasteiger partial charge in [-0.15, -0.1) is 0 Å². The molecule has 7 heteroatoms. The zero-order chi connectivity index (χ0) is 17.7. The number of ether oxygens (including phenoxy) is 1. The van der Waals surface area contributed by atoms with Crippen LogP contribution in [0.3, 0.4) is 0 Å². The standard InChI is InChI=1S/C18H21FN2O3S/c19-16-8-4-5-9-18(16)25(22,23)20-14-17(15-6-2-1-3-7-15)21-10-12-24-13-11-21/h1-9,17,20H,10-14H2/t17-/m1/s1. The molecular formula is C18H21FN2O3S. The van der Waals surface area contributed by atoms with Gasteiger partial charge in [-0.25, -0.2) is 17.5 Å². The maximum Gasteiger partial charge on any atom is 0.243 e. The van der Waals surface area contributed by atoms with E-state index in [-0.39, 0.29) is 17.5 Å². The van der Waals surface area contributed by atoms with E-state index in [9.17, 15) is 12.8 Å². The molecule has 5 nitrogen and oxygen atoms in total. The molecule has 1 aliphatic heterocycles. The fraction of sp³-hybridized carbons (Fsp3) is 0.333. The minimum atomic E-state index is -3.92. The predicted octanol–water partition coefficient (Wildman–Crippen LogP) is 2.18. The van der Waals surface area contributed by atoms with Crippen molar-refractivity contribution in [2.24, 2.45) is 0 Å². The van der Waals surface area contributed by atoms with Crippen LogP contribution in [0.15, 0.2) is 59.5 Å². The first-order chi connectivity index (χ1) is 12.1. The minimum absolute atomic E-state index is 0.133. The lowest BCUT2D eigenvalue weighted by Gasteiger charge is -2.34. The average Bonchev–Trinajstić information content (AvgIpc) is 2.64. The second-order valence-corrected chi connectivity index (χ2v) is 7.59. The van der Waals surface area contributed by atoms with Gasteiger partial charge in [0, 0.05) is 25.7 Å². The molecule has 0 bridgehead atoms. The Morgan fingerprint density at radius 1 is 1.04 bits per heavy atom. The van der Waals surface area contributed by atoms with Crippen molar-refractivity contribution in [3.8, 4) is 0 Å². The summed E-state index contributed by atoms with van der Waals surface area (Å²) in [5, 5.41) is 0. The molecule has 0 unspecified atom stereocenters. The Bertz CT molecular complexity index is 793. The van der Waals surface area contributed by atoms with Crippen LogP contribution in [-0.4, -0.2) is 46.2 Å². The van der Waals surface area contributed by atoms with E-state index < -0.39 is 15.8 Å². The summed E-state index contributed by atoms with van der Waals surface area (Å²) in [5.74, 6) is -0.752. The third kappa shape index (κ3) is 4.43. The van der Waals surface area contributed by atoms with Gasteiger partial charge in [0.1, 0.15) is 10.7 Å². The summed E-state index contributed by atoms with van der Waals surface area (Å²) in [7, 11) is -3.92. The Morgan fingerprint density at radius 2 is 1.68 bits per heavy atom. The van der Waals surface area contributed by atoms with Gasteiger partial charge in [-0.3, -0.25) is 4.90 Å². The largest absolute Gasteiger partial charge is 0.379 e. The van der Waals surface area contributed by atoms with Crippen molar-refractivity contribution in [1.82, 2.24) is 9.62 Å². The summed E-state index contributed by atoms with van der Waals surface area (Å²) in [6.45, 7) is 2.84. The van der Waals surface area contributed by atoms with E-state index in [1.54, 1.807) is 0 Å². The number of hydrogen-bond donors (Lipinski definition) is 1. The fourth-order valence-corrected chi connectivity index (χ4v) is 4.07. The number of nitrogens with zero attached hydrogens (tertiary/aromatic N) is 1. The van der Waals surface area contributed by atoms with Crippen LogP contribution >= 0.6 is 0 Å². The van der Waals surface area contributed by atoms with Crippen molar-refractivity contribution in [3.63, 3.8) is 0 Å². The van der Waals surface area contributed by atoms with Gasteiger partial charge < -0.3 is 4.74 Å². The summed E-state index contributed by atoms with van der Waals surface area (Å²) in [6, 6.07) is 15.0. The maximum atomic E-state index is 13.8. The summed E-state index contributed by atoms with van der Waals surface area (Å²) in [4.78, 5) is 1.85. The van der Waals surface area contributed by atoms with Gasteiger partial charge in [-0.2, -0.15) is 0 Å². The maximum absolute atomic E-state index is 13.8. The van der Waals surface area contributed by atoms with Crippen molar-refractivity contribution < 1.29 is 17.5 Å². The highest BCUT2D eigenvalue weighted by Crippen LogP contribution is 2.22. The van der Waals surface area contributed by atoms with E-state index >= 15 is 0 Å². The number of sulfonamides is 1. The molecule has 1 N–H and O–H groups in total. The quantitative estimate of drug-likeness (QED) is 0.854. The second-order valence-electron chi connectivity index (χ2n) is 5.86. The Labute approximate surface area is 147 Å². The first-order valence-electron chi connectivity index (χ1n) is 8.19. The fourth-order valence-electron chi connectivity index (χ4n) is 2.95. The van der Waals surface area contributed by atoms with Gasteiger partial charge in [0.05, 0.1) is 13.2 Å². The Balaban J connectivity index is 1.80. The molecule has 1 aliphatic rings. The van der Waals surface area contributed by atoms with Crippen molar-refractivity contribution in [3.05, 3.63) is 66.0 Å². The molecule has 0 spiro atoms. The number of morpholine rings is 1. The first-order valence-corrected chi connectivity index (χ1v) is 9.67. The number of benzene rings is 2. The first kappa shape index (κ1) is 18.0. The van der Waals surface area contributed by atoms with E-state index in [2.05, 4.69) is 9.62 Å². The van der Waals surface area contributed by atoms with Gasteiger partial charge >= 0.3 is 0 Å². The molecule has 1 fully saturated rings. The average molecular weight is 364 g/mol. The lowest BCUT2D eigenvalue weighted by atomic mass is 10.1. The highest BCUT2D eigenvalue weighted by molar-refractivity contribution is 7.89. The summed E-state index contributed by atoms with van der Waals surface area (Å²) >= 11 is 0. The zero-order valence-corrected chi connectivity index (χ0v) is 14.6. The van der Waals surface area contributed by atoms with Gasteiger partial charge in [0.25, 0.3) is 0 Å². The number of nitrogens with one attached hydrogen (secondary N) is 1. The molecule has 0 amide bonds. The monoisotopic (exact) mass is 364 g/mol. The third-order valence-electron chi connectivity index (χ3n) is 4.26. The molecule has 1 saturated heterocycles. The molecule has 0 saturated carbocycles. The number of halogens is 1. The van der Waals surface area contributed by atoms with Gasteiger partial charge in [0.15, 0.2) is 0 Å². The molecular weight excluding hydrogens is 343 g/mol. The van der Waals surface area contributed by atoms with Gasteiger partial charge in [-0.1, -0.05) is 42.5 Å². The van der Waals surface area contributed by atoms with Gasteiger partial charge in [-0.05, 0) is 17.7 Å². The molecule has 3 rings (SSSR count). The van der Waals surface area contributed by atoms with Crippen molar-refractivity contribution >= 4 is 10.0 Å². The van der Waals surface area contributed by atoms with E-state index in [0.29, 0.717) is 13.2 Å². The van der Waals surface area contributed by atoms with E-state index in [4.69, 9.17) is 4.74 Å². The Kier molecular flexibility index (Phi) is 5.80. The summed E-state index contributed by atoms with van der Waals surface area (Å²) in [6.07, 6.45) is 0. The second kappa shape index (κ2) is 8.05. The third-order valence-corrected chi connectivity index (χ3v) is 5.72. The van der Waals surface area contributed by atoms with Crippen LogP contribution < -0.4 is 4.72 Å².